The van der Waals surface area contributed by atoms with Crippen molar-refractivity contribution >= 4 is 39.5 Å². The van der Waals surface area contributed by atoms with E-state index in [-0.39, 0.29) is 0 Å². The van der Waals surface area contributed by atoms with Crippen LogP contribution in [0.3, 0.4) is 0 Å². The van der Waals surface area contributed by atoms with Crippen molar-refractivity contribution in [1.29, 1.82) is 0 Å². The van der Waals surface area contributed by atoms with Gasteiger partial charge in [0.25, 0.3) is 0 Å². The Hall–Kier alpha value is -1.46. The van der Waals surface area contributed by atoms with E-state index >= 15 is 0 Å². The molecule has 0 fully saturated rings. The Labute approximate surface area is 128 Å². The van der Waals surface area contributed by atoms with Crippen LogP contribution >= 0.6 is 23.1 Å². The molecule has 4 nitrogen and oxygen atoms in total. The minimum absolute atomic E-state index is 0.582. The molecule has 2 rings (SSSR count). The number of aromatic nitrogens is 1. The molecule has 1 aromatic heterocycles. The number of nitrogens with zero attached hydrogens (tertiary/aromatic N) is 4. The summed E-state index contributed by atoms with van der Waals surface area (Å²) in [4.78, 5) is 2.28. The summed E-state index contributed by atoms with van der Waals surface area (Å²) in [6.45, 7) is 8.13. The number of azo groups is 1. The Balaban J connectivity index is 2.13. The van der Waals surface area contributed by atoms with E-state index in [0.29, 0.717) is 10.0 Å². The molecule has 6 heteroatoms. The smallest absolute Gasteiger partial charge is 0.177 e. The fourth-order valence-corrected chi connectivity index (χ4v) is 2.68. The zero-order valence-electron chi connectivity index (χ0n) is 11.8. The summed E-state index contributed by atoms with van der Waals surface area (Å²) in [6, 6.07) is 8.03. The summed E-state index contributed by atoms with van der Waals surface area (Å²) in [7, 11) is 0. The summed E-state index contributed by atoms with van der Waals surface area (Å²) in [5, 5.41) is 9.57. The van der Waals surface area contributed by atoms with Crippen LogP contribution in [0.1, 0.15) is 19.5 Å². The van der Waals surface area contributed by atoms with Gasteiger partial charge in [-0.2, -0.15) is 4.37 Å². The third-order valence-corrected chi connectivity index (χ3v) is 4.40. The third-order valence-electron chi connectivity index (χ3n) is 3.01. The highest BCUT2D eigenvalue weighted by Crippen LogP contribution is 2.33. The van der Waals surface area contributed by atoms with Crippen molar-refractivity contribution < 1.29 is 0 Å². The van der Waals surface area contributed by atoms with E-state index in [1.165, 1.54) is 17.2 Å². The fraction of sp³-hybridized carbons (Fsp3) is 0.357. The number of aryl methyl sites for hydroxylation is 1. The van der Waals surface area contributed by atoms with Gasteiger partial charge in [-0.3, -0.25) is 0 Å². The van der Waals surface area contributed by atoms with Crippen LogP contribution in [0.4, 0.5) is 16.4 Å². The lowest BCUT2D eigenvalue weighted by molar-refractivity contribution is 0.866. The van der Waals surface area contributed by atoms with Crippen LogP contribution in [0.25, 0.3) is 0 Å². The number of hydrogen-bond donors (Lipinski definition) is 0. The lowest BCUT2D eigenvalue weighted by Crippen LogP contribution is -2.21. The first-order chi connectivity index (χ1) is 9.65. The van der Waals surface area contributed by atoms with E-state index in [0.717, 1.165) is 24.5 Å². The SMILES string of the molecule is CCN(CC)c1ccc(N=Nc2snc(C)c2Cl)cc1. The van der Waals surface area contributed by atoms with E-state index in [2.05, 4.69) is 45.5 Å². The molecule has 0 bridgehead atoms. The first kappa shape index (κ1) is 14.9. The molecule has 0 spiro atoms. The van der Waals surface area contributed by atoms with Crippen LogP contribution in [0.15, 0.2) is 34.5 Å². The van der Waals surface area contributed by atoms with Gasteiger partial charge in [0.15, 0.2) is 5.00 Å². The molecule has 0 aliphatic rings. The molecular formula is C14H17ClN4S. The van der Waals surface area contributed by atoms with Gasteiger partial charge in [0.1, 0.15) is 5.02 Å². The third kappa shape index (κ3) is 3.35. The Kier molecular flexibility index (Phi) is 5.09. The lowest BCUT2D eigenvalue weighted by Gasteiger charge is -2.20. The molecule has 20 heavy (non-hydrogen) atoms. The molecule has 1 heterocycles. The second kappa shape index (κ2) is 6.81. The summed E-state index contributed by atoms with van der Waals surface area (Å²) >= 11 is 7.33. The second-order valence-electron chi connectivity index (χ2n) is 4.28. The number of hydrogen-bond acceptors (Lipinski definition) is 5. The molecule has 0 aliphatic carbocycles. The van der Waals surface area contributed by atoms with Crippen molar-refractivity contribution in [3.63, 3.8) is 0 Å². The normalized spacial score (nSPS) is 11.2. The summed E-state index contributed by atoms with van der Waals surface area (Å²) in [5.74, 6) is 0. The fourth-order valence-electron chi connectivity index (χ4n) is 1.83. The zero-order valence-corrected chi connectivity index (χ0v) is 13.4. The van der Waals surface area contributed by atoms with Crippen molar-refractivity contribution in [2.24, 2.45) is 10.2 Å². The number of rotatable bonds is 5. The Morgan fingerprint density at radius 3 is 2.30 bits per heavy atom. The highest BCUT2D eigenvalue weighted by molar-refractivity contribution is 7.10. The summed E-state index contributed by atoms with van der Waals surface area (Å²) < 4.78 is 4.14. The van der Waals surface area contributed by atoms with Crippen molar-refractivity contribution in [1.82, 2.24) is 4.37 Å². The van der Waals surface area contributed by atoms with Gasteiger partial charge in [-0.15, -0.1) is 10.2 Å². The van der Waals surface area contributed by atoms with E-state index < -0.39 is 0 Å². The molecule has 0 aliphatic heterocycles. The molecule has 0 saturated carbocycles. The minimum atomic E-state index is 0.582. The molecule has 0 saturated heterocycles. The summed E-state index contributed by atoms with van der Waals surface area (Å²) in [5.41, 5.74) is 2.80. The van der Waals surface area contributed by atoms with E-state index in [9.17, 15) is 0 Å². The van der Waals surface area contributed by atoms with Crippen LogP contribution < -0.4 is 4.90 Å². The quantitative estimate of drug-likeness (QED) is 0.697. The molecular weight excluding hydrogens is 292 g/mol. The molecule has 0 atom stereocenters. The van der Waals surface area contributed by atoms with E-state index in [1.54, 1.807) is 0 Å². The van der Waals surface area contributed by atoms with Gasteiger partial charge >= 0.3 is 0 Å². The second-order valence-corrected chi connectivity index (χ2v) is 5.41. The Morgan fingerprint density at radius 2 is 1.80 bits per heavy atom. The van der Waals surface area contributed by atoms with Gasteiger partial charge < -0.3 is 4.90 Å². The number of anilines is 1. The van der Waals surface area contributed by atoms with Crippen LogP contribution in [0.5, 0.6) is 0 Å². The van der Waals surface area contributed by atoms with Crippen LogP contribution in [-0.2, 0) is 0 Å². The molecule has 0 unspecified atom stereocenters. The van der Waals surface area contributed by atoms with Gasteiger partial charge in [-0.25, -0.2) is 0 Å². The predicted octanol–water partition coefficient (Wildman–Crippen LogP) is 5.37. The minimum Gasteiger partial charge on any atom is -0.372 e. The molecule has 2 aromatic rings. The number of benzene rings is 1. The maximum Gasteiger partial charge on any atom is 0.177 e. The molecule has 0 amide bonds. The van der Waals surface area contributed by atoms with Gasteiger partial charge in [-0.1, -0.05) is 11.6 Å². The van der Waals surface area contributed by atoms with Gasteiger partial charge in [0.05, 0.1) is 11.4 Å². The molecule has 1 aromatic carbocycles. The molecule has 106 valence electrons. The Bertz CT molecular complexity index is 588. The lowest BCUT2D eigenvalue weighted by atomic mass is 10.2. The first-order valence-corrected chi connectivity index (χ1v) is 7.69. The standard InChI is InChI=1S/C14H17ClN4S/c1-4-19(5-2)12-8-6-11(7-9-12)16-17-14-13(15)10(3)18-20-14/h6-9H,4-5H2,1-3H3. The predicted molar refractivity (Wildman–Crippen MR) is 86.0 cm³/mol. The highest BCUT2D eigenvalue weighted by Gasteiger charge is 2.06. The molecule has 0 N–H and O–H groups in total. The number of halogens is 1. The highest BCUT2D eigenvalue weighted by atomic mass is 35.5. The topological polar surface area (TPSA) is 40.9 Å². The zero-order chi connectivity index (χ0) is 14.5. The average Bonchev–Trinajstić information content (AvgIpc) is 2.79. The maximum atomic E-state index is 6.07. The van der Waals surface area contributed by atoms with Gasteiger partial charge in [-0.05, 0) is 56.6 Å². The van der Waals surface area contributed by atoms with Crippen LogP contribution in [0.2, 0.25) is 5.02 Å². The Morgan fingerprint density at radius 1 is 1.15 bits per heavy atom. The van der Waals surface area contributed by atoms with Crippen molar-refractivity contribution in [2.45, 2.75) is 20.8 Å². The summed E-state index contributed by atoms with van der Waals surface area (Å²) in [6.07, 6.45) is 0. The average molecular weight is 309 g/mol. The van der Waals surface area contributed by atoms with E-state index in [4.69, 9.17) is 11.6 Å². The van der Waals surface area contributed by atoms with Crippen molar-refractivity contribution in [2.75, 3.05) is 18.0 Å². The maximum absolute atomic E-state index is 6.07. The van der Waals surface area contributed by atoms with Crippen molar-refractivity contribution in [3.8, 4) is 0 Å². The monoisotopic (exact) mass is 308 g/mol. The first-order valence-electron chi connectivity index (χ1n) is 6.54. The van der Waals surface area contributed by atoms with Crippen LogP contribution in [-0.4, -0.2) is 17.5 Å². The van der Waals surface area contributed by atoms with E-state index in [1.807, 2.05) is 19.1 Å². The van der Waals surface area contributed by atoms with Gasteiger partial charge in [0, 0.05) is 18.8 Å². The van der Waals surface area contributed by atoms with Gasteiger partial charge in [0.2, 0.25) is 0 Å². The largest absolute Gasteiger partial charge is 0.372 e. The molecule has 0 radical (unpaired) electrons. The van der Waals surface area contributed by atoms with Crippen molar-refractivity contribution in [3.05, 3.63) is 35.0 Å². The van der Waals surface area contributed by atoms with Crippen LogP contribution in [0, 0.1) is 6.92 Å².